The number of aromatic nitrogens is 3. The molecule has 4 saturated carbocycles. The summed E-state index contributed by atoms with van der Waals surface area (Å²) in [7, 11) is 0. The topological polar surface area (TPSA) is 38.7 Å². The van der Waals surface area contributed by atoms with E-state index in [0.717, 1.165) is 39.7 Å². The van der Waals surface area contributed by atoms with Gasteiger partial charge in [-0.15, -0.1) is 0 Å². The minimum atomic E-state index is -0.519. The van der Waals surface area contributed by atoms with Crippen molar-refractivity contribution < 1.29 is 0 Å². The van der Waals surface area contributed by atoms with Gasteiger partial charge in [-0.2, -0.15) is 0 Å². The van der Waals surface area contributed by atoms with Crippen molar-refractivity contribution in [2.45, 2.75) is 49.9 Å². The molecular weight excluding hydrogens is 871 g/mol. The normalized spacial score (nSPS) is 21.3. The molecule has 0 amide bonds. The molecule has 3 heteroatoms. The van der Waals surface area contributed by atoms with E-state index in [9.17, 15) is 0 Å². The molecule has 4 fully saturated rings. The van der Waals surface area contributed by atoms with Crippen molar-refractivity contribution in [2.75, 3.05) is 0 Å². The first-order valence-corrected chi connectivity index (χ1v) is 26.2. The van der Waals surface area contributed by atoms with E-state index in [1.807, 2.05) is 12.1 Å². The summed E-state index contributed by atoms with van der Waals surface area (Å²) in [5, 5.41) is 0. The molecule has 3 nitrogen and oxygen atoms in total. The summed E-state index contributed by atoms with van der Waals surface area (Å²) in [6.07, 6.45) is 6.85. The second-order valence-electron chi connectivity index (χ2n) is 21.6. The number of aryl methyl sites for hydroxylation is 1. The first kappa shape index (κ1) is 41.7. The average molecular weight is 924 g/mol. The maximum atomic E-state index is 5.35. The first-order valence-electron chi connectivity index (χ1n) is 26.2. The Morgan fingerprint density at radius 3 is 1.35 bits per heavy atom. The number of hydrogen-bond donors (Lipinski definition) is 0. The van der Waals surface area contributed by atoms with Gasteiger partial charge in [-0.25, -0.2) is 15.0 Å². The van der Waals surface area contributed by atoms with Crippen LogP contribution in [0.5, 0.6) is 0 Å². The molecule has 72 heavy (non-hydrogen) atoms. The molecule has 0 unspecified atom stereocenters. The monoisotopic (exact) mass is 923 g/mol. The van der Waals surface area contributed by atoms with E-state index in [0.29, 0.717) is 29.3 Å². The lowest BCUT2D eigenvalue weighted by atomic mass is 9.43. The lowest BCUT2D eigenvalue weighted by Gasteiger charge is -2.61. The van der Waals surface area contributed by atoms with Gasteiger partial charge in [-0.1, -0.05) is 194 Å². The molecule has 4 bridgehead atoms. The van der Waals surface area contributed by atoms with Gasteiger partial charge in [0.25, 0.3) is 0 Å². The summed E-state index contributed by atoms with van der Waals surface area (Å²) in [5.74, 6) is 5.08. The molecule has 16 rings (SSSR count). The molecule has 9 aromatic carbocycles. The van der Waals surface area contributed by atoms with Gasteiger partial charge >= 0.3 is 0 Å². The number of benzene rings is 9. The average Bonchev–Trinajstić information content (AvgIpc) is 3.90. The van der Waals surface area contributed by atoms with E-state index in [2.05, 4.69) is 213 Å². The molecular formula is C69H53N3. The van der Waals surface area contributed by atoms with Crippen molar-refractivity contribution >= 4 is 0 Å². The Kier molecular flexibility index (Phi) is 9.28. The number of rotatable bonds is 7. The molecule has 1 spiro atoms. The van der Waals surface area contributed by atoms with Crippen LogP contribution in [0.25, 0.3) is 78.7 Å². The third-order valence-corrected chi connectivity index (χ3v) is 17.8. The highest BCUT2D eigenvalue weighted by Gasteiger charge is 2.61. The van der Waals surface area contributed by atoms with Crippen molar-refractivity contribution in [3.8, 4) is 78.7 Å². The van der Waals surface area contributed by atoms with Gasteiger partial charge < -0.3 is 0 Å². The van der Waals surface area contributed by atoms with E-state index < -0.39 is 5.41 Å². The molecule has 344 valence electrons. The van der Waals surface area contributed by atoms with Gasteiger partial charge in [0.05, 0.1) is 5.41 Å². The summed E-state index contributed by atoms with van der Waals surface area (Å²) in [4.78, 5) is 15.8. The maximum absolute atomic E-state index is 5.35. The number of hydrogen-bond acceptors (Lipinski definition) is 3. The predicted octanol–water partition coefficient (Wildman–Crippen LogP) is 16.6. The van der Waals surface area contributed by atoms with Crippen LogP contribution in [0.1, 0.15) is 71.0 Å². The molecule has 0 atom stereocenters. The van der Waals surface area contributed by atoms with Crippen LogP contribution in [0.3, 0.4) is 0 Å². The van der Waals surface area contributed by atoms with Gasteiger partial charge in [0, 0.05) is 22.1 Å². The molecule has 0 N–H and O–H groups in total. The predicted molar refractivity (Wildman–Crippen MR) is 292 cm³/mol. The molecule has 1 heterocycles. The Morgan fingerprint density at radius 1 is 0.319 bits per heavy atom. The highest BCUT2D eigenvalue weighted by molar-refractivity contribution is 5.91. The lowest BCUT2D eigenvalue weighted by molar-refractivity contribution is -0.0399. The fraction of sp³-hybridized carbons (Fsp3) is 0.174. The Balaban J connectivity index is 0.972. The fourth-order valence-corrected chi connectivity index (χ4v) is 15.1. The molecule has 0 radical (unpaired) electrons. The largest absolute Gasteiger partial charge is 0.208 e. The first-order chi connectivity index (χ1) is 35.5. The zero-order valence-electron chi connectivity index (χ0n) is 40.5. The summed E-state index contributed by atoms with van der Waals surface area (Å²) >= 11 is 0. The summed E-state index contributed by atoms with van der Waals surface area (Å²) < 4.78 is 0. The van der Waals surface area contributed by atoms with E-state index in [1.54, 1.807) is 11.1 Å². The highest BCUT2D eigenvalue weighted by atomic mass is 15.0. The fourth-order valence-electron chi connectivity index (χ4n) is 15.1. The molecule has 1 aromatic heterocycles. The van der Waals surface area contributed by atoms with Gasteiger partial charge in [0.2, 0.25) is 0 Å². The second kappa shape index (κ2) is 16.0. The van der Waals surface area contributed by atoms with Crippen molar-refractivity contribution in [1.29, 1.82) is 0 Å². The van der Waals surface area contributed by atoms with E-state index >= 15 is 0 Å². The van der Waals surface area contributed by atoms with E-state index in [-0.39, 0.29) is 5.41 Å². The van der Waals surface area contributed by atoms with Crippen LogP contribution in [0.15, 0.2) is 218 Å². The molecule has 6 aliphatic rings. The van der Waals surface area contributed by atoms with Gasteiger partial charge in [0.15, 0.2) is 17.5 Å². The van der Waals surface area contributed by atoms with E-state index in [1.165, 1.54) is 93.3 Å². The third-order valence-electron chi connectivity index (χ3n) is 17.8. The Morgan fingerprint density at radius 2 is 0.778 bits per heavy atom. The molecule has 6 aliphatic carbocycles. The Bertz CT molecular complexity index is 3640. The smallest absolute Gasteiger partial charge is 0.164 e. The van der Waals surface area contributed by atoms with Gasteiger partial charge in [0.1, 0.15) is 0 Å². The van der Waals surface area contributed by atoms with E-state index in [4.69, 9.17) is 15.0 Å². The second-order valence-corrected chi connectivity index (χ2v) is 21.6. The SMILES string of the molecule is Cc1ccc2c(c1)-c1ccc(-c3cc(-c4ccc5c(c4)C(c4ccccc4)(c4ccccc4)c4ccccc4-5)cc(-c4nc(-c5ccccc5)nc(-c5ccccc5)n4)c3)cc1C21C2CC3CC(C2)CC1C3. The van der Waals surface area contributed by atoms with Crippen LogP contribution in [0, 0.1) is 30.6 Å². The van der Waals surface area contributed by atoms with Crippen molar-refractivity contribution in [3.05, 3.63) is 257 Å². The Hall–Kier alpha value is -8.01. The minimum Gasteiger partial charge on any atom is -0.208 e. The van der Waals surface area contributed by atoms with Crippen LogP contribution < -0.4 is 0 Å². The van der Waals surface area contributed by atoms with Gasteiger partial charge in [-0.3, -0.25) is 0 Å². The highest BCUT2D eigenvalue weighted by Crippen LogP contribution is 2.69. The van der Waals surface area contributed by atoms with Crippen LogP contribution in [-0.2, 0) is 10.8 Å². The lowest BCUT2D eigenvalue weighted by Crippen LogP contribution is -2.55. The van der Waals surface area contributed by atoms with Crippen LogP contribution in [0.4, 0.5) is 0 Å². The maximum Gasteiger partial charge on any atom is 0.164 e. The standard InChI is InChI=1S/C69H53N3/c1-43-26-31-62-60(32-43)59-30-28-49(42-64(59)69(62)55-34-44-33-45(36-55)37-56(69)35-44)51-38-50(39-52(40-51)67-71-65(46-16-6-2-7-17-46)70-66(72-67)47-18-8-3-9-19-47)48-27-29-58-57-24-14-15-25-61(57)68(63(58)41-48,53-20-10-4-11-21-53)54-22-12-5-13-23-54/h2-32,38-42,44-45,55-56H,33-37H2,1H3. The molecule has 0 aliphatic heterocycles. The molecule has 0 saturated heterocycles. The minimum absolute atomic E-state index is 0.0544. The third kappa shape index (κ3) is 6.13. The van der Waals surface area contributed by atoms with Crippen molar-refractivity contribution in [2.24, 2.45) is 23.7 Å². The zero-order valence-corrected chi connectivity index (χ0v) is 40.5. The van der Waals surface area contributed by atoms with Crippen LogP contribution in [0.2, 0.25) is 0 Å². The summed E-state index contributed by atoms with van der Waals surface area (Å²) in [6, 6.07) is 81.2. The zero-order chi connectivity index (χ0) is 47.5. The number of nitrogens with zero attached hydrogens (tertiary/aromatic N) is 3. The van der Waals surface area contributed by atoms with Crippen molar-refractivity contribution in [3.63, 3.8) is 0 Å². The Labute approximate surface area is 422 Å². The number of fused-ring (bicyclic) bond motifs is 6. The summed E-state index contributed by atoms with van der Waals surface area (Å²) in [5.41, 5.74) is 22.2. The van der Waals surface area contributed by atoms with Crippen LogP contribution >= 0.6 is 0 Å². The van der Waals surface area contributed by atoms with Gasteiger partial charge in [-0.05, 0) is 171 Å². The quantitative estimate of drug-likeness (QED) is 0.160. The summed E-state index contributed by atoms with van der Waals surface area (Å²) in [6.45, 7) is 2.26. The molecule has 10 aromatic rings. The van der Waals surface area contributed by atoms with Crippen LogP contribution in [-0.4, -0.2) is 15.0 Å². The van der Waals surface area contributed by atoms with Crippen molar-refractivity contribution in [1.82, 2.24) is 15.0 Å².